The van der Waals surface area contributed by atoms with Gasteiger partial charge >= 0.3 is 5.97 Å². The van der Waals surface area contributed by atoms with Crippen LogP contribution < -0.4 is 16.2 Å². The molecule has 1 unspecified atom stereocenters. The number of carboxylic acids is 1. The van der Waals surface area contributed by atoms with Gasteiger partial charge in [-0.15, -0.1) is 0 Å². The van der Waals surface area contributed by atoms with Crippen LogP contribution in [0.3, 0.4) is 0 Å². The lowest BCUT2D eigenvalue weighted by atomic mass is 9.98. The predicted octanol–water partition coefficient (Wildman–Crippen LogP) is 1.24. The van der Waals surface area contributed by atoms with Gasteiger partial charge in [0.25, 0.3) is 17.4 Å². The Labute approximate surface area is 175 Å². The number of carbonyl (C=O) groups excluding carboxylic acids is 2. The Kier molecular flexibility index (Phi) is 6.51. The van der Waals surface area contributed by atoms with E-state index in [-0.39, 0.29) is 5.56 Å². The molecule has 158 valence electrons. The van der Waals surface area contributed by atoms with Crippen molar-refractivity contribution in [2.24, 2.45) is 0 Å². The molecule has 4 N–H and O–H groups in total. The molecule has 2 amide bonds. The smallest absolute Gasteiger partial charge is 0.322 e. The van der Waals surface area contributed by atoms with Gasteiger partial charge in [0.05, 0.1) is 6.04 Å². The molecule has 0 saturated heterocycles. The highest BCUT2D eigenvalue weighted by atomic mass is 19.1. The van der Waals surface area contributed by atoms with Crippen LogP contribution in [0.2, 0.25) is 0 Å². The quantitative estimate of drug-likeness (QED) is 0.450. The number of carboxylic acid groups (broad SMARTS) is 1. The zero-order valence-corrected chi connectivity index (χ0v) is 16.0. The van der Waals surface area contributed by atoms with Crippen LogP contribution in [-0.2, 0) is 4.79 Å². The largest absolute Gasteiger partial charge is 0.480 e. The molecule has 0 saturated carbocycles. The van der Waals surface area contributed by atoms with Gasteiger partial charge in [-0.25, -0.2) is 9.37 Å². The molecule has 0 fully saturated rings. The first-order valence-corrected chi connectivity index (χ1v) is 9.05. The lowest BCUT2D eigenvalue weighted by Crippen LogP contribution is -2.36. The molecule has 1 atom stereocenters. The molecule has 0 bridgehead atoms. The second-order valence-electron chi connectivity index (χ2n) is 6.42. The lowest BCUT2D eigenvalue weighted by Gasteiger charge is -2.19. The molecule has 3 aromatic rings. The third-order valence-electron chi connectivity index (χ3n) is 4.27. The van der Waals surface area contributed by atoms with Crippen LogP contribution in [0.15, 0.2) is 65.6 Å². The molecule has 1 aromatic heterocycles. The molecule has 0 aliphatic carbocycles. The molecule has 0 aliphatic rings. The minimum atomic E-state index is -1.26. The molecule has 0 radical (unpaired) electrons. The predicted molar refractivity (Wildman–Crippen MR) is 107 cm³/mol. The highest BCUT2D eigenvalue weighted by Gasteiger charge is 2.21. The summed E-state index contributed by atoms with van der Waals surface area (Å²) >= 11 is 0. The van der Waals surface area contributed by atoms with Crippen LogP contribution in [0, 0.1) is 5.82 Å². The number of aliphatic carboxylic acids is 1. The summed E-state index contributed by atoms with van der Waals surface area (Å²) in [5.41, 5.74) is 0.0724. The van der Waals surface area contributed by atoms with Crippen LogP contribution in [0.4, 0.5) is 4.39 Å². The summed E-state index contributed by atoms with van der Waals surface area (Å²) < 4.78 is 13.3. The summed E-state index contributed by atoms with van der Waals surface area (Å²) in [7, 11) is 0. The number of carbonyl (C=O) groups is 3. The molecule has 9 nitrogen and oxygen atoms in total. The molecular weight excluding hydrogens is 407 g/mol. The van der Waals surface area contributed by atoms with E-state index in [1.54, 1.807) is 30.3 Å². The Balaban J connectivity index is 1.85. The zero-order chi connectivity index (χ0) is 22.4. The second-order valence-corrected chi connectivity index (χ2v) is 6.42. The molecule has 0 aliphatic heterocycles. The summed E-state index contributed by atoms with van der Waals surface area (Å²) in [5, 5.41) is 13.4. The van der Waals surface area contributed by atoms with E-state index in [0.29, 0.717) is 11.1 Å². The Bertz CT molecular complexity index is 1160. The SMILES string of the molecule is O=C(O)CNC(=O)c1ncc(C(=O)NC(c2ccccc2)c2ccc(F)cc2)c(=O)[nH]1. The minimum absolute atomic E-state index is 0.349. The average Bonchev–Trinajstić information content (AvgIpc) is 2.77. The number of nitrogens with zero attached hydrogens (tertiary/aromatic N) is 1. The maximum atomic E-state index is 13.3. The standard InChI is InChI=1S/C21H17FN4O5/c22-14-8-6-13(7-9-14)17(12-4-2-1-3-5-12)25-19(29)15-10-23-18(26-20(15)30)21(31)24-11-16(27)28/h1-10,17H,11H2,(H,24,31)(H,25,29)(H,27,28)(H,23,26,30). The Morgan fingerprint density at radius 2 is 1.65 bits per heavy atom. The monoisotopic (exact) mass is 424 g/mol. The fraction of sp³-hybridized carbons (Fsp3) is 0.0952. The Morgan fingerprint density at radius 1 is 1.00 bits per heavy atom. The first kappa shape index (κ1) is 21.4. The fourth-order valence-corrected chi connectivity index (χ4v) is 2.78. The number of hydrogen-bond donors (Lipinski definition) is 4. The van der Waals surface area contributed by atoms with Gasteiger partial charge in [-0.05, 0) is 23.3 Å². The van der Waals surface area contributed by atoms with E-state index in [4.69, 9.17) is 5.11 Å². The first-order chi connectivity index (χ1) is 14.8. The third kappa shape index (κ3) is 5.38. The van der Waals surface area contributed by atoms with Crippen molar-refractivity contribution in [1.29, 1.82) is 0 Å². The van der Waals surface area contributed by atoms with Crippen molar-refractivity contribution in [1.82, 2.24) is 20.6 Å². The van der Waals surface area contributed by atoms with Gasteiger partial charge in [0, 0.05) is 6.20 Å². The van der Waals surface area contributed by atoms with Crippen LogP contribution in [0.1, 0.15) is 38.1 Å². The van der Waals surface area contributed by atoms with Crippen molar-refractivity contribution in [3.8, 4) is 0 Å². The van der Waals surface area contributed by atoms with Crippen molar-refractivity contribution in [2.45, 2.75) is 6.04 Å². The van der Waals surface area contributed by atoms with Gasteiger partial charge in [0.1, 0.15) is 17.9 Å². The number of aromatic nitrogens is 2. The average molecular weight is 424 g/mol. The molecule has 31 heavy (non-hydrogen) atoms. The number of rotatable bonds is 7. The lowest BCUT2D eigenvalue weighted by molar-refractivity contribution is -0.135. The zero-order valence-electron chi connectivity index (χ0n) is 16.0. The summed E-state index contributed by atoms with van der Waals surface area (Å²) in [5.74, 6) is -3.79. The highest BCUT2D eigenvalue weighted by molar-refractivity contribution is 5.95. The molecule has 0 spiro atoms. The number of aromatic amines is 1. The van der Waals surface area contributed by atoms with Crippen molar-refractivity contribution >= 4 is 17.8 Å². The van der Waals surface area contributed by atoms with Gasteiger partial charge < -0.3 is 20.7 Å². The molecule has 10 heteroatoms. The van der Waals surface area contributed by atoms with Gasteiger partial charge in [-0.2, -0.15) is 0 Å². The van der Waals surface area contributed by atoms with Crippen molar-refractivity contribution in [3.05, 3.63) is 99.5 Å². The van der Waals surface area contributed by atoms with Crippen LogP contribution in [0.25, 0.3) is 0 Å². The van der Waals surface area contributed by atoms with Crippen LogP contribution in [0.5, 0.6) is 0 Å². The summed E-state index contributed by atoms with van der Waals surface area (Å²) in [6.45, 7) is -0.652. The summed E-state index contributed by atoms with van der Waals surface area (Å²) in [4.78, 5) is 53.3. The number of H-pyrrole nitrogens is 1. The first-order valence-electron chi connectivity index (χ1n) is 9.05. The van der Waals surface area contributed by atoms with E-state index in [2.05, 4.69) is 20.6 Å². The number of nitrogens with one attached hydrogen (secondary N) is 3. The summed E-state index contributed by atoms with van der Waals surface area (Å²) in [6.07, 6.45) is 0.927. The van der Waals surface area contributed by atoms with Crippen LogP contribution in [-0.4, -0.2) is 39.4 Å². The number of halogens is 1. The topological polar surface area (TPSA) is 141 Å². The summed E-state index contributed by atoms with van der Waals surface area (Å²) in [6, 6.07) is 13.8. The minimum Gasteiger partial charge on any atom is -0.480 e. The Hall–Kier alpha value is -4.34. The van der Waals surface area contributed by atoms with Gasteiger partial charge in [-0.3, -0.25) is 19.2 Å². The number of hydrogen-bond acceptors (Lipinski definition) is 5. The van der Waals surface area contributed by atoms with E-state index in [1.807, 2.05) is 0 Å². The molecule has 1 heterocycles. The van der Waals surface area contributed by atoms with Crippen LogP contribution >= 0.6 is 0 Å². The number of amides is 2. The van der Waals surface area contributed by atoms with Crippen molar-refractivity contribution < 1.29 is 23.9 Å². The molecule has 3 rings (SSSR count). The maximum absolute atomic E-state index is 13.3. The second kappa shape index (κ2) is 9.44. The normalized spacial score (nSPS) is 11.4. The van der Waals surface area contributed by atoms with E-state index in [0.717, 1.165) is 6.20 Å². The van der Waals surface area contributed by atoms with E-state index >= 15 is 0 Å². The van der Waals surface area contributed by atoms with Gasteiger partial charge in [0.15, 0.2) is 5.82 Å². The highest BCUT2D eigenvalue weighted by Crippen LogP contribution is 2.22. The van der Waals surface area contributed by atoms with E-state index in [1.165, 1.54) is 24.3 Å². The van der Waals surface area contributed by atoms with Crippen molar-refractivity contribution in [2.75, 3.05) is 6.54 Å². The van der Waals surface area contributed by atoms with E-state index < -0.39 is 47.6 Å². The third-order valence-corrected chi connectivity index (χ3v) is 4.27. The maximum Gasteiger partial charge on any atom is 0.322 e. The number of benzene rings is 2. The Morgan fingerprint density at radius 3 is 2.26 bits per heavy atom. The van der Waals surface area contributed by atoms with Gasteiger partial charge in [0.2, 0.25) is 0 Å². The van der Waals surface area contributed by atoms with Crippen molar-refractivity contribution in [3.63, 3.8) is 0 Å². The molecule has 2 aromatic carbocycles. The fourth-order valence-electron chi connectivity index (χ4n) is 2.78. The van der Waals surface area contributed by atoms with E-state index in [9.17, 15) is 23.6 Å². The molecular formula is C21H17FN4O5. The van der Waals surface area contributed by atoms with Gasteiger partial charge in [-0.1, -0.05) is 42.5 Å².